The van der Waals surface area contributed by atoms with Crippen LogP contribution in [-0.2, 0) is 13.5 Å². The van der Waals surface area contributed by atoms with Crippen LogP contribution in [0.15, 0.2) is 30.6 Å². The second-order valence-corrected chi connectivity index (χ2v) is 4.47. The van der Waals surface area contributed by atoms with Gasteiger partial charge in [-0.3, -0.25) is 4.79 Å². The van der Waals surface area contributed by atoms with E-state index in [0.29, 0.717) is 30.1 Å². The van der Waals surface area contributed by atoms with Gasteiger partial charge in [-0.2, -0.15) is 0 Å². The number of ether oxygens (including phenoxy) is 2. The third kappa shape index (κ3) is 3.17. The first kappa shape index (κ1) is 14.1. The van der Waals surface area contributed by atoms with E-state index in [-0.39, 0.29) is 5.78 Å². The van der Waals surface area contributed by atoms with E-state index < -0.39 is 0 Å². The number of benzene rings is 1. The van der Waals surface area contributed by atoms with Crippen molar-refractivity contribution in [3.05, 3.63) is 42.0 Å². The molecule has 106 valence electrons. The van der Waals surface area contributed by atoms with Crippen molar-refractivity contribution in [2.24, 2.45) is 7.05 Å². The maximum Gasteiger partial charge on any atom is 0.163 e. The molecule has 0 fully saturated rings. The first-order valence-corrected chi connectivity index (χ1v) is 6.40. The Balaban J connectivity index is 2.07. The predicted octanol–water partition coefficient (Wildman–Crippen LogP) is 2.25. The van der Waals surface area contributed by atoms with E-state index in [9.17, 15) is 4.79 Å². The highest BCUT2D eigenvalue weighted by atomic mass is 16.5. The van der Waals surface area contributed by atoms with Gasteiger partial charge >= 0.3 is 0 Å². The lowest BCUT2D eigenvalue weighted by molar-refractivity contribution is 0.101. The van der Waals surface area contributed by atoms with Gasteiger partial charge in [0.25, 0.3) is 0 Å². The molecule has 0 spiro atoms. The predicted molar refractivity (Wildman–Crippen MR) is 75.4 cm³/mol. The third-order valence-corrected chi connectivity index (χ3v) is 3.07. The molecule has 1 aromatic heterocycles. The van der Waals surface area contributed by atoms with E-state index in [1.165, 1.54) is 6.92 Å². The molecule has 5 nitrogen and oxygen atoms in total. The van der Waals surface area contributed by atoms with Crippen LogP contribution in [0.2, 0.25) is 0 Å². The number of rotatable bonds is 6. The Morgan fingerprint density at radius 2 is 2.20 bits per heavy atom. The van der Waals surface area contributed by atoms with E-state index in [1.54, 1.807) is 31.5 Å². The van der Waals surface area contributed by atoms with Gasteiger partial charge in [-0.05, 0) is 19.1 Å². The molecule has 0 aliphatic heterocycles. The van der Waals surface area contributed by atoms with Crippen molar-refractivity contribution in [1.82, 2.24) is 9.55 Å². The largest absolute Gasteiger partial charge is 0.497 e. The normalized spacial score (nSPS) is 10.3. The molecule has 0 amide bonds. The van der Waals surface area contributed by atoms with Gasteiger partial charge in [0.05, 0.1) is 19.3 Å². The molecule has 5 heteroatoms. The van der Waals surface area contributed by atoms with E-state index in [2.05, 4.69) is 4.98 Å². The molecule has 20 heavy (non-hydrogen) atoms. The molecule has 0 saturated carbocycles. The highest BCUT2D eigenvalue weighted by Gasteiger charge is 2.10. The van der Waals surface area contributed by atoms with Gasteiger partial charge < -0.3 is 14.0 Å². The minimum absolute atomic E-state index is 0.0281. The SMILES string of the molecule is COc1ccc(C(C)=O)c(OCCc2nccn2C)c1. The van der Waals surface area contributed by atoms with Crippen molar-refractivity contribution >= 4 is 5.78 Å². The molecule has 0 atom stereocenters. The van der Waals surface area contributed by atoms with Crippen LogP contribution < -0.4 is 9.47 Å². The van der Waals surface area contributed by atoms with Crippen molar-refractivity contribution in [2.75, 3.05) is 13.7 Å². The van der Waals surface area contributed by atoms with Crippen LogP contribution >= 0.6 is 0 Å². The van der Waals surface area contributed by atoms with Gasteiger partial charge in [0.15, 0.2) is 5.78 Å². The minimum Gasteiger partial charge on any atom is -0.497 e. The molecular formula is C15H18N2O3. The summed E-state index contributed by atoms with van der Waals surface area (Å²) < 4.78 is 12.8. The highest BCUT2D eigenvalue weighted by molar-refractivity contribution is 5.97. The average molecular weight is 274 g/mol. The van der Waals surface area contributed by atoms with Crippen LogP contribution in [-0.4, -0.2) is 29.1 Å². The second kappa shape index (κ2) is 6.23. The van der Waals surface area contributed by atoms with Crippen LogP contribution in [0, 0.1) is 0 Å². The monoisotopic (exact) mass is 274 g/mol. The van der Waals surface area contributed by atoms with Crippen LogP contribution in [0.1, 0.15) is 23.1 Å². The minimum atomic E-state index is -0.0281. The van der Waals surface area contributed by atoms with Crippen molar-refractivity contribution in [1.29, 1.82) is 0 Å². The Bertz CT molecular complexity index is 605. The quantitative estimate of drug-likeness (QED) is 0.758. The number of Topliss-reactive ketones (excluding diaryl/α,β-unsaturated/α-hetero) is 1. The van der Waals surface area contributed by atoms with Gasteiger partial charge in [-0.1, -0.05) is 0 Å². The molecule has 2 rings (SSSR count). The van der Waals surface area contributed by atoms with Gasteiger partial charge in [-0.25, -0.2) is 4.98 Å². The van der Waals surface area contributed by atoms with Crippen LogP contribution in [0.25, 0.3) is 0 Å². The molecule has 1 heterocycles. The molecule has 0 radical (unpaired) electrons. The van der Waals surface area contributed by atoms with E-state index >= 15 is 0 Å². The van der Waals surface area contributed by atoms with Crippen LogP contribution in [0.4, 0.5) is 0 Å². The second-order valence-electron chi connectivity index (χ2n) is 4.47. The number of carbonyl (C=O) groups excluding carboxylic acids is 1. The number of imidazole rings is 1. The summed E-state index contributed by atoms with van der Waals surface area (Å²) in [6.07, 6.45) is 4.32. The topological polar surface area (TPSA) is 53.4 Å². The number of hydrogen-bond donors (Lipinski definition) is 0. The van der Waals surface area contributed by atoms with Crippen molar-refractivity contribution in [2.45, 2.75) is 13.3 Å². The Kier molecular flexibility index (Phi) is 4.40. The molecule has 0 aliphatic rings. The molecule has 1 aromatic carbocycles. The zero-order valence-electron chi connectivity index (χ0n) is 11.9. The summed E-state index contributed by atoms with van der Waals surface area (Å²) in [6.45, 7) is 1.98. The summed E-state index contributed by atoms with van der Waals surface area (Å²) in [7, 11) is 3.52. The summed E-state index contributed by atoms with van der Waals surface area (Å²) in [5.74, 6) is 2.13. The third-order valence-electron chi connectivity index (χ3n) is 3.07. The lowest BCUT2D eigenvalue weighted by Gasteiger charge is -2.11. The Morgan fingerprint density at radius 1 is 1.40 bits per heavy atom. The van der Waals surface area contributed by atoms with Gasteiger partial charge in [0.1, 0.15) is 17.3 Å². The Morgan fingerprint density at radius 3 is 2.80 bits per heavy atom. The number of aromatic nitrogens is 2. The fourth-order valence-electron chi connectivity index (χ4n) is 1.93. The van der Waals surface area contributed by atoms with Gasteiger partial charge in [0, 0.05) is 31.9 Å². The number of methoxy groups -OCH3 is 1. The van der Waals surface area contributed by atoms with Crippen molar-refractivity contribution in [3.63, 3.8) is 0 Å². The van der Waals surface area contributed by atoms with Crippen LogP contribution in [0.3, 0.4) is 0 Å². The van der Waals surface area contributed by atoms with Crippen molar-refractivity contribution < 1.29 is 14.3 Å². The number of ketones is 1. The maximum atomic E-state index is 11.6. The molecule has 0 aliphatic carbocycles. The molecule has 0 bridgehead atoms. The number of hydrogen-bond acceptors (Lipinski definition) is 4. The Labute approximate surface area is 118 Å². The highest BCUT2D eigenvalue weighted by Crippen LogP contribution is 2.25. The zero-order chi connectivity index (χ0) is 14.5. The summed E-state index contributed by atoms with van der Waals surface area (Å²) in [4.78, 5) is 15.8. The van der Waals surface area contributed by atoms with Gasteiger partial charge in [0.2, 0.25) is 0 Å². The molecule has 0 unspecified atom stereocenters. The number of carbonyl (C=O) groups is 1. The standard InChI is InChI=1S/C15H18N2O3/c1-11(18)13-5-4-12(19-3)10-14(13)20-9-6-15-16-7-8-17(15)2/h4-5,7-8,10H,6,9H2,1-3H3. The molecule has 0 saturated heterocycles. The maximum absolute atomic E-state index is 11.6. The van der Waals surface area contributed by atoms with E-state index in [1.807, 2.05) is 17.8 Å². The first-order chi connectivity index (χ1) is 9.61. The van der Waals surface area contributed by atoms with E-state index in [4.69, 9.17) is 9.47 Å². The lowest BCUT2D eigenvalue weighted by Crippen LogP contribution is -2.08. The first-order valence-electron chi connectivity index (χ1n) is 6.40. The summed E-state index contributed by atoms with van der Waals surface area (Å²) in [5, 5.41) is 0. The lowest BCUT2D eigenvalue weighted by atomic mass is 10.1. The average Bonchev–Trinajstić information content (AvgIpc) is 2.84. The van der Waals surface area contributed by atoms with E-state index in [0.717, 1.165) is 5.82 Å². The Hall–Kier alpha value is -2.30. The smallest absolute Gasteiger partial charge is 0.163 e. The van der Waals surface area contributed by atoms with Gasteiger partial charge in [-0.15, -0.1) is 0 Å². The summed E-state index contributed by atoms with van der Waals surface area (Å²) in [5.41, 5.74) is 0.561. The van der Waals surface area contributed by atoms with Crippen molar-refractivity contribution in [3.8, 4) is 11.5 Å². The summed E-state index contributed by atoms with van der Waals surface area (Å²) >= 11 is 0. The number of nitrogens with zero attached hydrogens (tertiary/aromatic N) is 2. The molecule has 2 aromatic rings. The fraction of sp³-hybridized carbons (Fsp3) is 0.333. The molecule has 0 N–H and O–H groups in total. The number of aryl methyl sites for hydroxylation is 1. The fourth-order valence-corrected chi connectivity index (χ4v) is 1.93. The summed E-state index contributed by atoms with van der Waals surface area (Å²) in [6, 6.07) is 5.20. The van der Waals surface area contributed by atoms with Crippen LogP contribution in [0.5, 0.6) is 11.5 Å². The zero-order valence-corrected chi connectivity index (χ0v) is 11.9. The molecular weight excluding hydrogens is 256 g/mol.